The minimum absolute atomic E-state index is 0.0706. The average molecular weight is 212 g/mol. The van der Waals surface area contributed by atoms with Crippen molar-refractivity contribution >= 4 is 0 Å². The van der Waals surface area contributed by atoms with Crippen LogP contribution in [0.2, 0.25) is 0 Å². The molecule has 0 amide bonds. The summed E-state index contributed by atoms with van der Waals surface area (Å²) < 4.78 is 35.9. The van der Waals surface area contributed by atoms with Crippen molar-refractivity contribution < 1.29 is 13.2 Å². The summed E-state index contributed by atoms with van der Waals surface area (Å²) in [7, 11) is 0. The second-order valence-electron chi connectivity index (χ2n) is 3.64. The van der Waals surface area contributed by atoms with Crippen molar-refractivity contribution in [2.24, 2.45) is 5.73 Å². The van der Waals surface area contributed by atoms with E-state index in [-0.39, 0.29) is 12.6 Å². The molecule has 86 valence electrons. The van der Waals surface area contributed by atoms with Crippen LogP contribution in [0, 0.1) is 0 Å². The van der Waals surface area contributed by atoms with Crippen LogP contribution in [0.25, 0.3) is 0 Å². The number of nitrogens with zero attached hydrogens (tertiary/aromatic N) is 1. The van der Waals surface area contributed by atoms with E-state index < -0.39 is 12.6 Å². The van der Waals surface area contributed by atoms with Gasteiger partial charge in [0.05, 0.1) is 6.42 Å². The quantitative estimate of drug-likeness (QED) is 0.729. The fourth-order valence-electron chi connectivity index (χ4n) is 1.19. The first-order valence-corrected chi connectivity index (χ1v) is 4.87. The third-order valence-electron chi connectivity index (χ3n) is 2.06. The molecule has 0 unspecified atom stereocenters. The molecule has 0 spiro atoms. The van der Waals surface area contributed by atoms with Gasteiger partial charge in [-0.15, -0.1) is 0 Å². The maximum atomic E-state index is 12.0. The second-order valence-corrected chi connectivity index (χ2v) is 3.64. The first kappa shape index (κ1) is 13.7. The van der Waals surface area contributed by atoms with Gasteiger partial charge < -0.3 is 10.6 Å². The highest BCUT2D eigenvalue weighted by Gasteiger charge is 2.28. The molecule has 0 atom stereocenters. The van der Waals surface area contributed by atoms with Gasteiger partial charge in [-0.05, 0) is 33.4 Å². The summed E-state index contributed by atoms with van der Waals surface area (Å²) >= 11 is 0. The van der Waals surface area contributed by atoms with E-state index in [4.69, 9.17) is 5.73 Å². The first-order chi connectivity index (χ1) is 6.37. The monoisotopic (exact) mass is 212 g/mol. The third kappa shape index (κ3) is 7.15. The molecule has 0 aliphatic carbocycles. The maximum Gasteiger partial charge on any atom is 0.390 e. The van der Waals surface area contributed by atoms with Gasteiger partial charge in [-0.1, -0.05) is 0 Å². The lowest BCUT2D eigenvalue weighted by Crippen LogP contribution is -2.35. The summed E-state index contributed by atoms with van der Waals surface area (Å²) in [6.07, 6.45) is -4.05. The minimum atomic E-state index is -4.06. The predicted octanol–water partition coefficient (Wildman–Crippen LogP) is 2.00. The topological polar surface area (TPSA) is 29.3 Å². The van der Waals surface area contributed by atoms with E-state index >= 15 is 0 Å². The Balaban J connectivity index is 3.85. The zero-order valence-corrected chi connectivity index (χ0v) is 8.77. The highest BCUT2D eigenvalue weighted by atomic mass is 19.4. The fourth-order valence-corrected chi connectivity index (χ4v) is 1.19. The van der Waals surface area contributed by atoms with Crippen molar-refractivity contribution in [2.45, 2.75) is 38.9 Å². The second kappa shape index (κ2) is 6.24. The largest absolute Gasteiger partial charge is 0.390 e. The van der Waals surface area contributed by atoms with Crippen LogP contribution in [0.3, 0.4) is 0 Å². The number of hydrogen-bond acceptors (Lipinski definition) is 2. The van der Waals surface area contributed by atoms with Crippen molar-refractivity contribution in [3.63, 3.8) is 0 Å². The van der Waals surface area contributed by atoms with Crippen LogP contribution < -0.4 is 5.73 Å². The Morgan fingerprint density at radius 2 is 1.79 bits per heavy atom. The summed E-state index contributed by atoms with van der Waals surface area (Å²) in [5.41, 5.74) is 5.31. The Labute approximate surface area is 83.3 Å². The number of halogens is 3. The van der Waals surface area contributed by atoms with Gasteiger partial charge in [-0.2, -0.15) is 13.2 Å². The lowest BCUT2D eigenvalue weighted by molar-refractivity contribution is -0.138. The van der Waals surface area contributed by atoms with E-state index in [2.05, 4.69) is 0 Å². The smallest absolute Gasteiger partial charge is 0.330 e. The van der Waals surface area contributed by atoms with E-state index in [9.17, 15) is 13.2 Å². The molecule has 0 fully saturated rings. The van der Waals surface area contributed by atoms with Crippen molar-refractivity contribution in [3.05, 3.63) is 0 Å². The minimum Gasteiger partial charge on any atom is -0.330 e. The van der Waals surface area contributed by atoms with Crippen molar-refractivity contribution in [2.75, 3.05) is 19.6 Å². The van der Waals surface area contributed by atoms with Gasteiger partial charge in [0, 0.05) is 12.6 Å². The predicted molar refractivity (Wildman–Crippen MR) is 51.1 cm³/mol. The highest BCUT2D eigenvalue weighted by Crippen LogP contribution is 2.20. The number of rotatable bonds is 6. The standard InChI is InChI=1S/C9H19F3N2/c1-8(2)14(6-3-5-13)7-4-9(10,11)12/h8H,3-7,13H2,1-2H3. The molecule has 0 bridgehead atoms. The third-order valence-corrected chi connectivity index (χ3v) is 2.06. The Hall–Kier alpha value is -0.290. The van der Waals surface area contributed by atoms with Gasteiger partial charge in [0.2, 0.25) is 0 Å². The van der Waals surface area contributed by atoms with Crippen LogP contribution in [0.1, 0.15) is 26.7 Å². The number of alkyl halides is 3. The molecule has 0 aromatic rings. The molecule has 5 heteroatoms. The van der Waals surface area contributed by atoms with Crippen molar-refractivity contribution in [1.82, 2.24) is 4.90 Å². The SMILES string of the molecule is CC(C)N(CCCN)CCC(F)(F)F. The molecule has 2 N–H and O–H groups in total. The molecule has 0 saturated carbocycles. The zero-order valence-electron chi connectivity index (χ0n) is 8.77. The number of nitrogens with two attached hydrogens (primary N) is 1. The van der Waals surface area contributed by atoms with Crippen LogP contribution in [0.4, 0.5) is 13.2 Å². The Bertz CT molecular complexity index is 145. The molecule has 14 heavy (non-hydrogen) atoms. The normalized spacial score (nSPS) is 12.9. The fraction of sp³-hybridized carbons (Fsp3) is 1.00. The van der Waals surface area contributed by atoms with Gasteiger partial charge in [0.15, 0.2) is 0 Å². The zero-order chi connectivity index (χ0) is 11.2. The Morgan fingerprint density at radius 3 is 2.14 bits per heavy atom. The summed E-state index contributed by atoms with van der Waals surface area (Å²) in [4.78, 5) is 1.81. The summed E-state index contributed by atoms with van der Waals surface area (Å²) in [6.45, 7) is 5.03. The summed E-state index contributed by atoms with van der Waals surface area (Å²) in [6, 6.07) is 0.143. The van der Waals surface area contributed by atoms with Crippen LogP contribution >= 0.6 is 0 Å². The van der Waals surface area contributed by atoms with Gasteiger partial charge in [-0.3, -0.25) is 0 Å². The Morgan fingerprint density at radius 1 is 1.21 bits per heavy atom. The van der Waals surface area contributed by atoms with E-state index in [0.717, 1.165) is 6.42 Å². The van der Waals surface area contributed by atoms with Gasteiger partial charge in [0.1, 0.15) is 0 Å². The molecule has 0 aliphatic rings. The molecular weight excluding hydrogens is 193 g/mol. The number of hydrogen-bond donors (Lipinski definition) is 1. The van der Waals surface area contributed by atoms with E-state index in [1.165, 1.54) is 0 Å². The van der Waals surface area contributed by atoms with E-state index in [1.807, 2.05) is 13.8 Å². The molecule has 0 aliphatic heterocycles. The van der Waals surface area contributed by atoms with E-state index in [1.54, 1.807) is 4.90 Å². The van der Waals surface area contributed by atoms with Gasteiger partial charge in [0.25, 0.3) is 0 Å². The van der Waals surface area contributed by atoms with Gasteiger partial charge in [-0.25, -0.2) is 0 Å². The van der Waals surface area contributed by atoms with Crippen LogP contribution in [-0.4, -0.2) is 36.8 Å². The summed E-state index contributed by atoms with van der Waals surface area (Å²) in [5.74, 6) is 0. The maximum absolute atomic E-state index is 12.0. The average Bonchev–Trinajstić information content (AvgIpc) is 2.01. The molecule has 0 rings (SSSR count). The lowest BCUT2D eigenvalue weighted by Gasteiger charge is -2.26. The van der Waals surface area contributed by atoms with Gasteiger partial charge >= 0.3 is 6.18 Å². The molecule has 0 heterocycles. The van der Waals surface area contributed by atoms with Crippen LogP contribution in [0.15, 0.2) is 0 Å². The highest BCUT2D eigenvalue weighted by molar-refractivity contribution is 4.65. The lowest BCUT2D eigenvalue weighted by atomic mass is 10.2. The van der Waals surface area contributed by atoms with E-state index in [0.29, 0.717) is 13.1 Å². The van der Waals surface area contributed by atoms with Crippen molar-refractivity contribution in [1.29, 1.82) is 0 Å². The molecule has 0 aromatic carbocycles. The summed E-state index contributed by atoms with van der Waals surface area (Å²) in [5, 5.41) is 0. The Kier molecular flexibility index (Phi) is 6.11. The van der Waals surface area contributed by atoms with Crippen molar-refractivity contribution in [3.8, 4) is 0 Å². The molecular formula is C9H19F3N2. The van der Waals surface area contributed by atoms with Crippen LogP contribution in [0.5, 0.6) is 0 Å². The molecule has 2 nitrogen and oxygen atoms in total. The molecule has 0 aromatic heterocycles. The molecule has 0 saturated heterocycles. The van der Waals surface area contributed by atoms with Crippen LogP contribution in [-0.2, 0) is 0 Å². The first-order valence-electron chi connectivity index (χ1n) is 4.87. The molecule has 0 radical (unpaired) electrons.